The van der Waals surface area contributed by atoms with E-state index in [9.17, 15) is 10.1 Å². The quantitative estimate of drug-likeness (QED) is 0.548. The van der Waals surface area contributed by atoms with Crippen molar-refractivity contribution >= 4 is 5.69 Å². The van der Waals surface area contributed by atoms with E-state index >= 15 is 0 Å². The number of methoxy groups -OCH3 is 1. The molecule has 0 aromatic heterocycles. The Balaban J connectivity index is 3.11. The maximum Gasteiger partial charge on any atom is 0.275 e. The molecule has 0 N–H and O–H groups in total. The van der Waals surface area contributed by atoms with Crippen LogP contribution in [0.25, 0.3) is 0 Å². The van der Waals surface area contributed by atoms with Crippen molar-refractivity contribution in [2.45, 2.75) is 19.4 Å². The maximum absolute atomic E-state index is 10.7. The molecular formula is C10H13NO3. The Labute approximate surface area is 82.7 Å². The molecule has 0 aliphatic heterocycles. The molecule has 0 fully saturated rings. The number of rotatable bonds is 4. The Hall–Kier alpha value is -1.42. The molecule has 76 valence electrons. The van der Waals surface area contributed by atoms with Crippen LogP contribution in [-0.2, 0) is 4.74 Å². The smallest absolute Gasteiger partial charge is 0.275 e. The fraction of sp³-hybridized carbons (Fsp3) is 0.400. The summed E-state index contributed by atoms with van der Waals surface area (Å²) in [6, 6.07) is 6.67. The van der Waals surface area contributed by atoms with E-state index in [-0.39, 0.29) is 16.7 Å². The summed E-state index contributed by atoms with van der Waals surface area (Å²) >= 11 is 0. The third-order valence-corrected chi connectivity index (χ3v) is 2.14. The Bertz CT molecular complexity index is 321. The number of ether oxygens (including phenoxy) is 1. The highest BCUT2D eigenvalue weighted by Crippen LogP contribution is 2.28. The van der Waals surface area contributed by atoms with Gasteiger partial charge in [0.1, 0.15) is 0 Å². The van der Waals surface area contributed by atoms with Gasteiger partial charge in [0.15, 0.2) is 0 Å². The van der Waals surface area contributed by atoms with Crippen molar-refractivity contribution < 1.29 is 9.66 Å². The molecule has 1 unspecified atom stereocenters. The molecule has 4 heteroatoms. The summed E-state index contributed by atoms with van der Waals surface area (Å²) in [4.78, 5) is 10.3. The summed E-state index contributed by atoms with van der Waals surface area (Å²) in [5.74, 6) is 0. The van der Waals surface area contributed by atoms with Gasteiger partial charge in [0.05, 0.1) is 16.6 Å². The minimum atomic E-state index is -0.378. The van der Waals surface area contributed by atoms with Crippen LogP contribution in [0.4, 0.5) is 5.69 Å². The second kappa shape index (κ2) is 4.72. The lowest BCUT2D eigenvalue weighted by Crippen LogP contribution is -2.03. The zero-order valence-corrected chi connectivity index (χ0v) is 8.27. The van der Waals surface area contributed by atoms with E-state index in [1.807, 2.05) is 6.92 Å². The molecule has 0 heterocycles. The van der Waals surface area contributed by atoms with Gasteiger partial charge in [-0.15, -0.1) is 0 Å². The van der Waals surface area contributed by atoms with Gasteiger partial charge in [0.25, 0.3) is 5.69 Å². The third-order valence-electron chi connectivity index (χ3n) is 2.14. The lowest BCUT2D eigenvalue weighted by atomic mass is 10.1. The fourth-order valence-electron chi connectivity index (χ4n) is 1.44. The van der Waals surface area contributed by atoms with Crippen LogP contribution in [-0.4, -0.2) is 12.0 Å². The molecule has 1 rings (SSSR count). The number of nitrogens with zero attached hydrogens (tertiary/aromatic N) is 1. The highest BCUT2D eigenvalue weighted by molar-refractivity contribution is 5.41. The number of para-hydroxylation sites is 1. The first kappa shape index (κ1) is 10.7. The van der Waals surface area contributed by atoms with Gasteiger partial charge in [-0.2, -0.15) is 0 Å². The number of nitro benzene ring substituents is 1. The Morgan fingerprint density at radius 2 is 2.14 bits per heavy atom. The zero-order chi connectivity index (χ0) is 10.6. The van der Waals surface area contributed by atoms with E-state index in [1.165, 1.54) is 6.07 Å². The first-order chi connectivity index (χ1) is 6.70. The molecular weight excluding hydrogens is 182 g/mol. The van der Waals surface area contributed by atoms with Crippen LogP contribution in [0.15, 0.2) is 24.3 Å². The van der Waals surface area contributed by atoms with E-state index in [1.54, 1.807) is 25.3 Å². The van der Waals surface area contributed by atoms with Crippen molar-refractivity contribution in [2.24, 2.45) is 0 Å². The standard InChI is InChI=1S/C10H13NO3/c1-3-10(14-2)8-6-4-5-7-9(8)11(12)13/h4-7,10H,3H2,1-2H3. The summed E-state index contributed by atoms with van der Waals surface area (Å²) < 4.78 is 5.17. The van der Waals surface area contributed by atoms with Gasteiger partial charge in [-0.3, -0.25) is 10.1 Å². The average Bonchev–Trinajstić information content (AvgIpc) is 2.20. The van der Waals surface area contributed by atoms with Crippen LogP contribution in [0.3, 0.4) is 0 Å². The van der Waals surface area contributed by atoms with E-state index in [0.717, 1.165) is 6.42 Å². The number of nitro groups is 1. The molecule has 1 aromatic carbocycles. The molecule has 0 saturated heterocycles. The van der Waals surface area contributed by atoms with Crippen molar-refractivity contribution in [3.63, 3.8) is 0 Å². The predicted molar refractivity (Wildman–Crippen MR) is 53.1 cm³/mol. The Morgan fingerprint density at radius 3 is 2.64 bits per heavy atom. The van der Waals surface area contributed by atoms with Gasteiger partial charge in [-0.25, -0.2) is 0 Å². The Morgan fingerprint density at radius 1 is 1.50 bits per heavy atom. The van der Waals surface area contributed by atoms with Crippen LogP contribution >= 0.6 is 0 Å². The zero-order valence-electron chi connectivity index (χ0n) is 8.27. The average molecular weight is 195 g/mol. The molecule has 0 amide bonds. The monoisotopic (exact) mass is 195 g/mol. The van der Waals surface area contributed by atoms with Crippen LogP contribution in [0.5, 0.6) is 0 Å². The predicted octanol–water partition coefficient (Wildman–Crippen LogP) is 2.69. The van der Waals surface area contributed by atoms with Crippen molar-refractivity contribution in [1.82, 2.24) is 0 Å². The lowest BCUT2D eigenvalue weighted by Gasteiger charge is -2.12. The molecule has 0 saturated carbocycles. The van der Waals surface area contributed by atoms with Crippen LogP contribution in [0.2, 0.25) is 0 Å². The minimum absolute atomic E-state index is 0.126. The van der Waals surface area contributed by atoms with Gasteiger partial charge < -0.3 is 4.74 Å². The van der Waals surface area contributed by atoms with Gasteiger partial charge in [-0.1, -0.05) is 19.1 Å². The fourth-order valence-corrected chi connectivity index (χ4v) is 1.44. The van der Waals surface area contributed by atoms with Gasteiger partial charge in [0.2, 0.25) is 0 Å². The van der Waals surface area contributed by atoms with Crippen LogP contribution in [0.1, 0.15) is 25.0 Å². The third kappa shape index (κ3) is 2.09. The summed E-state index contributed by atoms with van der Waals surface area (Å²) in [5.41, 5.74) is 0.767. The molecule has 1 aromatic rings. The molecule has 0 radical (unpaired) electrons. The van der Waals surface area contributed by atoms with Crippen molar-refractivity contribution in [2.75, 3.05) is 7.11 Å². The van der Waals surface area contributed by atoms with Gasteiger partial charge >= 0.3 is 0 Å². The second-order valence-corrected chi connectivity index (χ2v) is 2.95. The van der Waals surface area contributed by atoms with E-state index in [4.69, 9.17) is 4.74 Å². The molecule has 4 nitrogen and oxygen atoms in total. The van der Waals surface area contributed by atoms with Gasteiger partial charge in [-0.05, 0) is 12.5 Å². The Kier molecular flexibility index (Phi) is 3.59. The number of hydrogen-bond donors (Lipinski definition) is 0. The van der Waals surface area contributed by atoms with Crippen molar-refractivity contribution in [3.8, 4) is 0 Å². The van der Waals surface area contributed by atoms with Crippen molar-refractivity contribution in [3.05, 3.63) is 39.9 Å². The molecule has 0 aliphatic rings. The molecule has 14 heavy (non-hydrogen) atoms. The molecule has 1 atom stereocenters. The summed E-state index contributed by atoms with van der Waals surface area (Å²) in [6.45, 7) is 1.94. The highest BCUT2D eigenvalue weighted by Gasteiger charge is 2.19. The molecule has 0 aliphatic carbocycles. The largest absolute Gasteiger partial charge is 0.377 e. The van der Waals surface area contributed by atoms with E-state index in [2.05, 4.69) is 0 Å². The van der Waals surface area contributed by atoms with E-state index < -0.39 is 0 Å². The number of benzene rings is 1. The van der Waals surface area contributed by atoms with Crippen LogP contribution < -0.4 is 0 Å². The second-order valence-electron chi connectivity index (χ2n) is 2.95. The summed E-state index contributed by atoms with van der Waals surface area (Å²) in [6.07, 6.45) is 0.526. The minimum Gasteiger partial charge on any atom is -0.377 e. The molecule has 0 bridgehead atoms. The normalized spacial score (nSPS) is 12.4. The van der Waals surface area contributed by atoms with E-state index in [0.29, 0.717) is 5.56 Å². The first-order valence-corrected chi connectivity index (χ1v) is 4.46. The number of hydrogen-bond acceptors (Lipinski definition) is 3. The topological polar surface area (TPSA) is 52.4 Å². The highest BCUT2D eigenvalue weighted by atomic mass is 16.6. The summed E-state index contributed by atoms with van der Waals surface area (Å²) in [7, 11) is 1.56. The maximum atomic E-state index is 10.7. The summed E-state index contributed by atoms with van der Waals surface area (Å²) in [5, 5.41) is 10.7. The van der Waals surface area contributed by atoms with Crippen molar-refractivity contribution in [1.29, 1.82) is 0 Å². The van der Waals surface area contributed by atoms with Crippen LogP contribution in [0, 0.1) is 10.1 Å². The SMILES string of the molecule is CCC(OC)c1ccccc1[N+](=O)[O-]. The van der Waals surface area contributed by atoms with Gasteiger partial charge in [0, 0.05) is 13.2 Å². The lowest BCUT2D eigenvalue weighted by molar-refractivity contribution is -0.386. The first-order valence-electron chi connectivity index (χ1n) is 4.46. The molecule has 0 spiro atoms.